The van der Waals surface area contributed by atoms with E-state index in [9.17, 15) is 22.8 Å². The Morgan fingerprint density at radius 1 is 1.00 bits per heavy atom. The number of carbonyl (C=O) groups is 2. The van der Waals surface area contributed by atoms with Crippen LogP contribution in [0.5, 0.6) is 0 Å². The molecule has 0 bridgehead atoms. The zero-order valence-electron chi connectivity index (χ0n) is 14.9. The summed E-state index contributed by atoms with van der Waals surface area (Å²) in [6.07, 6.45) is -4.97. The highest BCUT2D eigenvalue weighted by Crippen LogP contribution is 2.32. The summed E-state index contributed by atoms with van der Waals surface area (Å²) in [6, 6.07) is 13.5. The van der Waals surface area contributed by atoms with Gasteiger partial charge in [0.05, 0.1) is 12.1 Å². The van der Waals surface area contributed by atoms with Crippen LogP contribution in [0.15, 0.2) is 66.0 Å². The first-order valence-electron chi connectivity index (χ1n) is 8.55. The van der Waals surface area contributed by atoms with Gasteiger partial charge in [-0.2, -0.15) is 13.2 Å². The molecule has 5 nitrogen and oxygen atoms in total. The van der Waals surface area contributed by atoms with Gasteiger partial charge < -0.3 is 5.32 Å². The number of anilines is 1. The molecule has 150 valence electrons. The van der Waals surface area contributed by atoms with Gasteiger partial charge in [0, 0.05) is 10.9 Å². The fourth-order valence-electron chi connectivity index (χ4n) is 2.58. The van der Waals surface area contributed by atoms with Crippen molar-refractivity contribution in [3.63, 3.8) is 0 Å². The molecule has 3 aromatic rings. The van der Waals surface area contributed by atoms with E-state index in [-0.39, 0.29) is 28.7 Å². The number of carbonyl (C=O) groups excluding carboxylic acids is 2. The van der Waals surface area contributed by atoms with E-state index in [1.165, 1.54) is 29.6 Å². The van der Waals surface area contributed by atoms with E-state index in [0.717, 1.165) is 11.3 Å². The fourth-order valence-corrected chi connectivity index (χ4v) is 3.29. The standard InChI is InChI=1S/C20H16F3N3O2S/c21-20(22,23)17(13-7-3-1-4-8-13)25-16(27)11-15-12-29-19(24-15)26-18(28)14-9-5-2-6-10-14/h1-10,12,17H,11H2,(H,25,27)(H,24,26,28). The molecule has 2 amide bonds. The van der Waals surface area contributed by atoms with Gasteiger partial charge in [-0.25, -0.2) is 4.98 Å². The smallest absolute Gasteiger partial charge is 0.340 e. The highest BCUT2D eigenvalue weighted by molar-refractivity contribution is 7.14. The van der Waals surface area contributed by atoms with Crippen molar-refractivity contribution in [1.29, 1.82) is 0 Å². The number of benzene rings is 2. The minimum absolute atomic E-state index is 0.0533. The third kappa shape index (κ3) is 5.64. The Balaban J connectivity index is 1.63. The summed E-state index contributed by atoms with van der Waals surface area (Å²) in [5.41, 5.74) is 0.658. The third-order valence-electron chi connectivity index (χ3n) is 3.92. The van der Waals surface area contributed by atoms with Crippen LogP contribution in [0.4, 0.5) is 18.3 Å². The molecule has 0 saturated carbocycles. The van der Waals surface area contributed by atoms with Crippen LogP contribution >= 0.6 is 11.3 Å². The van der Waals surface area contributed by atoms with Gasteiger partial charge in [0.25, 0.3) is 5.91 Å². The van der Waals surface area contributed by atoms with Crippen LogP contribution in [0.2, 0.25) is 0 Å². The molecule has 1 heterocycles. The molecule has 1 unspecified atom stereocenters. The van der Waals surface area contributed by atoms with Crippen LogP contribution in [0.3, 0.4) is 0 Å². The number of nitrogens with zero attached hydrogens (tertiary/aromatic N) is 1. The number of nitrogens with one attached hydrogen (secondary N) is 2. The minimum atomic E-state index is -4.63. The van der Waals surface area contributed by atoms with Crippen LogP contribution in [-0.4, -0.2) is 23.0 Å². The average molecular weight is 419 g/mol. The summed E-state index contributed by atoms with van der Waals surface area (Å²) >= 11 is 1.09. The Labute approximate surface area is 168 Å². The zero-order valence-corrected chi connectivity index (χ0v) is 15.8. The van der Waals surface area contributed by atoms with Crippen LogP contribution in [0, 0.1) is 0 Å². The number of aromatic nitrogens is 1. The van der Waals surface area contributed by atoms with Gasteiger partial charge in [-0.15, -0.1) is 11.3 Å². The lowest BCUT2D eigenvalue weighted by molar-refractivity contribution is -0.163. The maximum absolute atomic E-state index is 13.3. The molecule has 0 saturated heterocycles. The van der Waals surface area contributed by atoms with Crippen molar-refractivity contribution >= 4 is 28.3 Å². The van der Waals surface area contributed by atoms with Crippen molar-refractivity contribution in [2.75, 3.05) is 5.32 Å². The van der Waals surface area contributed by atoms with E-state index in [2.05, 4.69) is 10.3 Å². The zero-order chi connectivity index (χ0) is 20.9. The topological polar surface area (TPSA) is 71.1 Å². The molecule has 2 N–H and O–H groups in total. The maximum atomic E-state index is 13.3. The summed E-state index contributed by atoms with van der Waals surface area (Å²) in [6.45, 7) is 0. The molecule has 0 fully saturated rings. The lowest BCUT2D eigenvalue weighted by Crippen LogP contribution is -2.38. The Morgan fingerprint density at radius 2 is 1.62 bits per heavy atom. The lowest BCUT2D eigenvalue weighted by Gasteiger charge is -2.21. The molecule has 0 spiro atoms. The van der Waals surface area contributed by atoms with Crippen LogP contribution in [0.25, 0.3) is 0 Å². The second kappa shape index (κ2) is 8.87. The Kier molecular flexibility index (Phi) is 6.28. The van der Waals surface area contributed by atoms with Crippen LogP contribution < -0.4 is 10.6 Å². The summed E-state index contributed by atoms with van der Waals surface area (Å²) in [4.78, 5) is 28.4. The first-order chi connectivity index (χ1) is 13.8. The molecule has 0 aliphatic heterocycles. The molecule has 3 rings (SSSR count). The number of hydrogen-bond acceptors (Lipinski definition) is 4. The van der Waals surface area contributed by atoms with E-state index in [4.69, 9.17) is 0 Å². The van der Waals surface area contributed by atoms with Gasteiger partial charge in [-0.05, 0) is 17.7 Å². The summed E-state index contributed by atoms with van der Waals surface area (Å²) in [5.74, 6) is -1.18. The van der Waals surface area contributed by atoms with Crippen molar-refractivity contribution < 1.29 is 22.8 Å². The molecular weight excluding hydrogens is 403 g/mol. The van der Waals surface area contributed by atoms with Gasteiger partial charge in [-0.1, -0.05) is 48.5 Å². The predicted octanol–water partition coefficient (Wildman–Crippen LogP) is 4.36. The molecule has 29 heavy (non-hydrogen) atoms. The highest BCUT2D eigenvalue weighted by atomic mass is 32.1. The lowest BCUT2D eigenvalue weighted by atomic mass is 10.1. The number of thiazole rings is 1. The molecule has 1 atom stereocenters. The molecule has 2 aromatic carbocycles. The van der Waals surface area contributed by atoms with Gasteiger partial charge in [0.2, 0.25) is 5.91 Å². The summed E-state index contributed by atoms with van der Waals surface area (Å²) in [5, 5.41) is 6.39. The van der Waals surface area contributed by atoms with Gasteiger partial charge in [0.15, 0.2) is 11.2 Å². The van der Waals surface area contributed by atoms with E-state index < -0.39 is 18.1 Å². The molecule has 0 aliphatic rings. The second-order valence-electron chi connectivity index (χ2n) is 6.09. The highest BCUT2D eigenvalue weighted by Gasteiger charge is 2.41. The van der Waals surface area contributed by atoms with Crippen LogP contribution in [0.1, 0.15) is 27.7 Å². The molecule has 9 heteroatoms. The van der Waals surface area contributed by atoms with Gasteiger partial charge in [0.1, 0.15) is 0 Å². The Bertz CT molecular complexity index is 975. The predicted molar refractivity (Wildman–Crippen MR) is 104 cm³/mol. The number of hydrogen-bond donors (Lipinski definition) is 2. The van der Waals surface area contributed by atoms with Crippen molar-refractivity contribution in [2.24, 2.45) is 0 Å². The third-order valence-corrected chi connectivity index (χ3v) is 4.72. The maximum Gasteiger partial charge on any atom is 0.412 e. The normalized spacial score (nSPS) is 12.2. The Hall–Kier alpha value is -3.20. The number of rotatable bonds is 6. The van der Waals surface area contributed by atoms with E-state index in [1.54, 1.807) is 36.4 Å². The second-order valence-corrected chi connectivity index (χ2v) is 6.95. The quantitative estimate of drug-likeness (QED) is 0.624. The van der Waals surface area contributed by atoms with Crippen molar-refractivity contribution in [2.45, 2.75) is 18.6 Å². The minimum Gasteiger partial charge on any atom is -0.340 e. The first-order valence-corrected chi connectivity index (χ1v) is 9.43. The van der Waals surface area contributed by atoms with E-state index in [1.807, 2.05) is 5.32 Å². The van der Waals surface area contributed by atoms with Crippen molar-refractivity contribution in [1.82, 2.24) is 10.3 Å². The van der Waals surface area contributed by atoms with Gasteiger partial charge >= 0.3 is 6.18 Å². The monoisotopic (exact) mass is 419 g/mol. The van der Waals surface area contributed by atoms with Crippen molar-refractivity contribution in [3.05, 3.63) is 82.9 Å². The first kappa shape index (κ1) is 20.5. The molecule has 0 aliphatic carbocycles. The fraction of sp³-hybridized carbons (Fsp3) is 0.150. The van der Waals surface area contributed by atoms with E-state index in [0.29, 0.717) is 5.56 Å². The summed E-state index contributed by atoms with van der Waals surface area (Å²) in [7, 11) is 0. The SMILES string of the molecule is O=C(Cc1csc(NC(=O)c2ccccc2)n1)NC(c1ccccc1)C(F)(F)F. The number of amides is 2. The molecular formula is C20H16F3N3O2S. The largest absolute Gasteiger partial charge is 0.412 e. The molecule has 1 aromatic heterocycles. The van der Waals surface area contributed by atoms with Crippen molar-refractivity contribution in [3.8, 4) is 0 Å². The molecule has 0 radical (unpaired) electrons. The van der Waals surface area contributed by atoms with E-state index >= 15 is 0 Å². The average Bonchev–Trinajstić information content (AvgIpc) is 3.13. The van der Waals surface area contributed by atoms with Gasteiger partial charge in [-0.3, -0.25) is 14.9 Å². The van der Waals surface area contributed by atoms with Crippen LogP contribution in [-0.2, 0) is 11.2 Å². The number of halogens is 3. The Morgan fingerprint density at radius 3 is 2.24 bits per heavy atom. The summed E-state index contributed by atoms with van der Waals surface area (Å²) < 4.78 is 40.0. The number of alkyl halides is 3.